The standard InChI is InChI=1S/C29H32N2O5/c1-17(2)36-25(32)16-31-28(19-9-5-6-10-20(19)29(31)33)26-21-11-7-8-12-23(21)30-27(26)22-15-18(34-3)13-14-24(22)35-4/h7-8,11-15,17,28,30H,5-6,9-10,16H2,1-4H3. The Morgan fingerprint density at radius 3 is 2.61 bits per heavy atom. The van der Waals surface area contributed by atoms with Crippen LogP contribution in [0.1, 0.15) is 51.1 Å². The number of para-hydroxylation sites is 1. The molecule has 1 N–H and O–H groups in total. The summed E-state index contributed by atoms with van der Waals surface area (Å²) >= 11 is 0. The van der Waals surface area contributed by atoms with Crippen molar-refractivity contribution < 1.29 is 23.8 Å². The fourth-order valence-electron chi connectivity index (χ4n) is 5.56. The van der Waals surface area contributed by atoms with E-state index in [9.17, 15) is 9.59 Å². The van der Waals surface area contributed by atoms with Crippen LogP contribution in [-0.2, 0) is 14.3 Å². The molecule has 0 radical (unpaired) electrons. The molecule has 0 fully saturated rings. The van der Waals surface area contributed by atoms with Gasteiger partial charge >= 0.3 is 5.97 Å². The highest BCUT2D eigenvalue weighted by atomic mass is 16.5. The second kappa shape index (κ2) is 9.72. The molecule has 2 heterocycles. The van der Waals surface area contributed by atoms with E-state index in [0.29, 0.717) is 11.5 Å². The van der Waals surface area contributed by atoms with Gasteiger partial charge in [0.15, 0.2) is 0 Å². The number of amides is 1. The summed E-state index contributed by atoms with van der Waals surface area (Å²) in [5.41, 5.74) is 5.56. The number of nitrogens with one attached hydrogen (secondary N) is 1. The Morgan fingerprint density at radius 2 is 1.86 bits per heavy atom. The van der Waals surface area contributed by atoms with Crippen LogP contribution in [0.2, 0.25) is 0 Å². The van der Waals surface area contributed by atoms with Gasteiger partial charge in [0.25, 0.3) is 5.91 Å². The molecule has 7 heteroatoms. The van der Waals surface area contributed by atoms with Crippen LogP contribution in [0.3, 0.4) is 0 Å². The van der Waals surface area contributed by atoms with Gasteiger partial charge in [-0.3, -0.25) is 9.59 Å². The molecule has 36 heavy (non-hydrogen) atoms. The summed E-state index contributed by atoms with van der Waals surface area (Å²) in [6, 6.07) is 13.4. The molecule has 7 nitrogen and oxygen atoms in total. The number of aromatic nitrogens is 1. The zero-order valence-corrected chi connectivity index (χ0v) is 21.2. The van der Waals surface area contributed by atoms with E-state index in [2.05, 4.69) is 11.1 Å². The Balaban J connectivity index is 1.74. The van der Waals surface area contributed by atoms with Gasteiger partial charge in [-0.25, -0.2) is 0 Å². The van der Waals surface area contributed by atoms with E-state index in [1.807, 2.05) is 50.2 Å². The third kappa shape index (κ3) is 4.12. The smallest absolute Gasteiger partial charge is 0.325 e. The van der Waals surface area contributed by atoms with Gasteiger partial charge in [0, 0.05) is 27.6 Å². The number of carbonyl (C=O) groups is 2. The largest absolute Gasteiger partial charge is 0.497 e. The van der Waals surface area contributed by atoms with Crippen LogP contribution in [0.4, 0.5) is 0 Å². The zero-order chi connectivity index (χ0) is 25.4. The van der Waals surface area contributed by atoms with Gasteiger partial charge in [-0.1, -0.05) is 18.2 Å². The first-order valence-electron chi connectivity index (χ1n) is 12.5. The zero-order valence-electron chi connectivity index (χ0n) is 21.2. The van der Waals surface area contributed by atoms with Gasteiger partial charge in [0.1, 0.15) is 18.0 Å². The van der Waals surface area contributed by atoms with Crippen LogP contribution in [0, 0.1) is 0 Å². The van der Waals surface area contributed by atoms with Gasteiger partial charge < -0.3 is 24.1 Å². The van der Waals surface area contributed by atoms with Crippen LogP contribution in [0.25, 0.3) is 22.2 Å². The SMILES string of the molecule is COc1ccc(OC)c(-c2[nH]c3ccccc3c2C2C3=C(CCCC3)C(=O)N2CC(=O)OC(C)C)c1. The number of aromatic amines is 1. The van der Waals surface area contributed by atoms with E-state index in [4.69, 9.17) is 14.2 Å². The fraction of sp³-hybridized carbons (Fsp3) is 0.379. The lowest BCUT2D eigenvalue weighted by atomic mass is 9.86. The van der Waals surface area contributed by atoms with Gasteiger partial charge in [0.05, 0.1) is 32.1 Å². The lowest BCUT2D eigenvalue weighted by Crippen LogP contribution is -2.36. The average Bonchev–Trinajstić information content (AvgIpc) is 3.38. The Hall–Kier alpha value is -3.74. The van der Waals surface area contributed by atoms with Crippen LogP contribution >= 0.6 is 0 Å². The van der Waals surface area contributed by atoms with Crippen molar-refractivity contribution in [1.29, 1.82) is 0 Å². The van der Waals surface area contributed by atoms with Crippen molar-refractivity contribution in [3.05, 3.63) is 59.2 Å². The normalized spacial score (nSPS) is 17.6. The minimum atomic E-state index is -0.399. The lowest BCUT2D eigenvalue weighted by molar-refractivity contribution is -0.152. The maximum atomic E-state index is 13.7. The highest BCUT2D eigenvalue weighted by Gasteiger charge is 2.43. The van der Waals surface area contributed by atoms with E-state index < -0.39 is 5.97 Å². The molecule has 3 aromatic rings. The predicted octanol–water partition coefficient (Wildman–Crippen LogP) is 5.56. The molecule has 1 atom stereocenters. The molecule has 0 saturated heterocycles. The summed E-state index contributed by atoms with van der Waals surface area (Å²) in [5, 5.41) is 1.01. The molecule has 2 aromatic carbocycles. The van der Waals surface area contributed by atoms with Crippen molar-refractivity contribution in [2.24, 2.45) is 0 Å². The fourth-order valence-corrected chi connectivity index (χ4v) is 5.56. The van der Waals surface area contributed by atoms with E-state index in [1.54, 1.807) is 19.1 Å². The molecule has 0 saturated carbocycles. The second-order valence-corrected chi connectivity index (χ2v) is 9.61. The third-order valence-corrected chi connectivity index (χ3v) is 7.03. The highest BCUT2D eigenvalue weighted by Crippen LogP contribution is 2.50. The summed E-state index contributed by atoms with van der Waals surface area (Å²) in [6.07, 6.45) is 3.32. The van der Waals surface area contributed by atoms with E-state index in [1.165, 1.54) is 0 Å². The number of methoxy groups -OCH3 is 2. The van der Waals surface area contributed by atoms with Gasteiger partial charge in [0.2, 0.25) is 0 Å². The molecule has 1 aliphatic heterocycles. The van der Waals surface area contributed by atoms with Gasteiger partial charge in [-0.2, -0.15) is 0 Å². The number of esters is 1. The monoisotopic (exact) mass is 488 g/mol. The molecule has 1 aromatic heterocycles. The first-order valence-corrected chi connectivity index (χ1v) is 12.5. The molecule has 1 unspecified atom stereocenters. The Bertz CT molecular complexity index is 1350. The van der Waals surface area contributed by atoms with Crippen molar-refractivity contribution in [3.8, 4) is 22.8 Å². The molecular formula is C29H32N2O5. The molecule has 5 rings (SSSR count). The summed E-state index contributed by atoms with van der Waals surface area (Å²) < 4.78 is 16.7. The summed E-state index contributed by atoms with van der Waals surface area (Å²) in [7, 11) is 3.28. The van der Waals surface area contributed by atoms with E-state index >= 15 is 0 Å². The van der Waals surface area contributed by atoms with Crippen LogP contribution in [-0.4, -0.2) is 48.6 Å². The number of H-pyrrole nitrogens is 1. The highest BCUT2D eigenvalue weighted by molar-refractivity contribution is 6.02. The predicted molar refractivity (Wildman–Crippen MR) is 138 cm³/mol. The Kier molecular flexibility index (Phi) is 6.48. The topological polar surface area (TPSA) is 80.9 Å². The summed E-state index contributed by atoms with van der Waals surface area (Å²) in [4.78, 5) is 31.8. The number of rotatable bonds is 7. The molecular weight excluding hydrogens is 456 g/mol. The van der Waals surface area contributed by atoms with Gasteiger partial charge in [-0.05, 0) is 69.4 Å². The maximum Gasteiger partial charge on any atom is 0.325 e. The number of benzene rings is 2. The summed E-state index contributed by atoms with van der Waals surface area (Å²) in [6.45, 7) is 3.54. The minimum Gasteiger partial charge on any atom is -0.497 e. The van der Waals surface area contributed by atoms with E-state index in [-0.39, 0.29) is 24.6 Å². The number of hydrogen-bond donors (Lipinski definition) is 1. The number of hydrogen-bond acceptors (Lipinski definition) is 5. The van der Waals surface area contributed by atoms with Crippen LogP contribution in [0.15, 0.2) is 53.6 Å². The maximum absolute atomic E-state index is 13.7. The van der Waals surface area contributed by atoms with Crippen molar-refractivity contribution in [1.82, 2.24) is 9.88 Å². The first kappa shape index (κ1) is 24.0. The van der Waals surface area contributed by atoms with Crippen molar-refractivity contribution >= 4 is 22.8 Å². The minimum absolute atomic E-state index is 0.0655. The van der Waals surface area contributed by atoms with Crippen molar-refractivity contribution in [3.63, 3.8) is 0 Å². The number of carbonyl (C=O) groups excluding carboxylic acids is 2. The van der Waals surface area contributed by atoms with E-state index in [0.717, 1.165) is 64.6 Å². The molecule has 188 valence electrons. The number of ether oxygens (including phenoxy) is 3. The molecule has 0 spiro atoms. The Morgan fingerprint density at radius 1 is 1.08 bits per heavy atom. The van der Waals surface area contributed by atoms with Crippen molar-refractivity contribution in [2.45, 2.75) is 51.7 Å². The lowest BCUT2D eigenvalue weighted by Gasteiger charge is -2.28. The van der Waals surface area contributed by atoms with Crippen LogP contribution in [0.5, 0.6) is 11.5 Å². The van der Waals surface area contributed by atoms with Crippen LogP contribution < -0.4 is 9.47 Å². The third-order valence-electron chi connectivity index (χ3n) is 7.03. The second-order valence-electron chi connectivity index (χ2n) is 9.61. The molecule has 1 amide bonds. The number of fused-ring (bicyclic) bond motifs is 1. The average molecular weight is 489 g/mol. The Labute approximate surface area is 211 Å². The molecule has 0 bridgehead atoms. The number of nitrogens with zero attached hydrogens (tertiary/aromatic N) is 1. The first-order chi connectivity index (χ1) is 17.4. The quantitative estimate of drug-likeness (QED) is 0.441. The van der Waals surface area contributed by atoms with Crippen molar-refractivity contribution in [2.75, 3.05) is 20.8 Å². The molecule has 1 aliphatic carbocycles. The van der Waals surface area contributed by atoms with Gasteiger partial charge in [-0.15, -0.1) is 0 Å². The molecule has 2 aliphatic rings. The summed E-state index contributed by atoms with van der Waals surface area (Å²) in [5.74, 6) is 0.928.